The number of pyridine rings is 1. The first-order valence-electron chi connectivity index (χ1n) is 9.46. The third-order valence-electron chi connectivity index (χ3n) is 4.47. The third-order valence-corrected chi connectivity index (χ3v) is 4.72. The van der Waals surface area contributed by atoms with Gasteiger partial charge in [0.1, 0.15) is 5.75 Å². The molecular weight excluding hydrogens is 402 g/mol. The van der Waals surface area contributed by atoms with Crippen molar-refractivity contribution in [3.63, 3.8) is 0 Å². The molecule has 0 saturated carbocycles. The minimum absolute atomic E-state index is 0.209. The maximum absolute atomic E-state index is 12.4. The molecule has 0 fully saturated rings. The van der Waals surface area contributed by atoms with E-state index in [-0.39, 0.29) is 17.9 Å². The number of hydrogen-bond acceptors (Lipinski definition) is 4. The molecule has 0 aliphatic rings. The zero-order valence-corrected chi connectivity index (χ0v) is 17.4. The predicted molar refractivity (Wildman–Crippen MR) is 117 cm³/mol. The van der Waals surface area contributed by atoms with Gasteiger partial charge < -0.3 is 15.4 Å². The van der Waals surface area contributed by atoms with Crippen LogP contribution in [0.25, 0.3) is 0 Å². The first kappa shape index (κ1) is 21.3. The predicted octanol–water partition coefficient (Wildman–Crippen LogP) is 4.63. The van der Waals surface area contributed by atoms with E-state index in [0.29, 0.717) is 22.0 Å². The molecule has 2 amide bonds. The number of aromatic nitrogens is 1. The number of rotatable bonds is 7. The number of ether oxygens (including phenoxy) is 1. The highest BCUT2D eigenvalue weighted by Crippen LogP contribution is 2.19. The second kappa shape index (κ2) is 9.89. The summed E-state index contributed by atoms with van der Waals surface area (Å²) in [5, 5.41) is 6.37. The number of halogens is 1. The van der Waals surface area contributed by atoms with Crippen molar-refractivity contribution < 1.29 is 14.3 Å². The molecule has 154 valence electrons. The summed E-state index contributed by atoms with van der Waals surface area (Å²) in [5.74, 6) is 0.135. The SMILES string of the molecule is CC(Oc1ccc(Cl)cc1)C(=O)NC(C)c1ccc(NC(=O)c2ccncc2)cc1. The van der Waals surface area contributed by atoms with Crippen molar-refractivity contribution in [3.8, 4) is 5.75 Å². The van der Waals surface area contributed by atoms with Crippen LogP contribution in [-0.4, -0.2) is 22.9 Å². The molecule has 1 aromatic heterocycles. The van der Waals surface area contributed by atoms with E-state index in [2.05, 4.69) is 15.6 Å². The van der Waals surface area contributed by atoms with Crippen LogP contribution in [0.15, 0.2) is 73.1 Å². The van der Waals surface area contributed by atoms with Crippen LogP contribution in [-0.2, 0) is 4.79 Å². The summed E-state index contributed by atoms with van der Waals surface area (Å²) in [6.45, 7) is 3.58. The largest absolute Gasteiger partial charge is 0.481 e. The number of hydrogen-bond donors (Lipinski definition) is 2. The van der Waals surface area contributed by atoms with Gasteiger partial charge in [0.15, 0.2) is 6.10 Å². The van der Waals surface area contributed by atoms with E-state index >= 15 is 0 Å². The fraction of sp³-hybridized carbons (Fsp3) is 0.174. The molecular formula is C23H22ClN3O3. The first-order chi connectivity index (χ1) is 14.4. The molecule has 2 aromatic carbocycles. The minimum Gasteiger partial charge on any atom is -0.481 e. The number of nitrogens with zero attached hydrogens (tertiary/aromatic N) is 1. The van der Waals surface area contributed by atoms with Gasteiger partial charge in [-0.15, -0.1) is 0 Å². The van der Waals surface area contributed by atoms with Crippen LogP contribution in [0, 0.1) is 0 Å². The number of benzene rings is 2. The van der Waals surface area contributed by atoms with E-state index < -0.39 is 6.10 Å². The van der Waals surface area contributed by atoms with Gasteiger partial charge >= 0.3 is 0 Å². The van der Waals surface area contributed by atoms with Crippen LogP contribution < -0.4 is 15.4 Å². The van der Waals surface area contributed by atoms with Gasteiger partial charge in [0.2, 0.25) is 0 Å². The maximum atomic E-state index is 12.4. The van der Waals surface area contributed by atoms with Gasteiger partial charge in [-0.25, -0.2) is 0 Å². The van der Waals surface area contributed by atoms with Crippen molar-refractivity contribution in [2.24, 2.45) is 0 Å². The molecule has 7 heteroatoms. The van der Waals surface area contributed by atoms with E-state index in [1.165, 1.54) is 0 Å². The molecule has 0 radical (unpaired) electrons. The standard InChI is InChI=1S/C23H22ClN3O3/c1-15(26-22(28)16(2)30-21-9-5-19(24)6-10-21)17-3-7-20(8-4-17)27-23(29)18-11-13-25-14-12-18/h3-16H,1-2H3,(H,26,28)(H,27,29). The van der Waals surface area contributed by atoms with Crippen molar-refractivity contribution in [1.82, 2.24) is 10.3 Å². The van der Waals surface area contributed by atoms with E-state index in [9.17, 15) is 9.59 Å². The Morgan fingerprint density at radius 3 is 2.20 bits per heavy atom. The summed E-state index contributed by atoms with van der Waals surface area (Å²) in [5.41, 5.74) is 2.10. The number of anilines is 1. The monoisotopic (exact) mass is 423 g/mol. The lowest BCUT2D eigenvalue weighted by molar-refractivity contribution is -0.127. The average Bonchev–Trinajstić information content (AvgIpc) is 2.76. The van der Waals surface area contributed by atoms with Crippen molar-refractivity contribution in [1.29, 1.82) is 0 Å². The minimum atomic E-state index is -0.660. The van der Waals surface area contributed by atoms with Crippen molar-refractivity contribution in [2.45, 2.75) is 26.0 Å². The van der Waals surface area contributed by atoms with Crippen molar-refractivity contribution in [2.75, 3.05) is 5.32 Å². The first-order valence-corrected chi connectivity index (χ1v) is 9.84. The zero-order valence-electron chi connectivity index (χ0n) is 16.6. The van der Waals surface area contributed by atoms with Gasteiger partial charge in [0, 0.05) is 28.7 Å². The molecule has 3 rings (SSSR count). The molecule has 30 heavy (non-hydrogen) atoms. The Bertz CT molecular complexity index is 992. The number of amides is 2. The van der Waals surface area contributed by atoms with Gasteiger partial charge in [0.05, 0.1) is 6.04 Å². The zero-order chi connectivity index (χ0) is 21.5. The fourth-order valence-corrected chi connectivity index (χ4v) is 2.87. The third kappa shape index (κ3) is 5.81. The van der Waals surface area contributed by atoms with Gasteiger partial charge in [-0.1, -0.05) is 23.7 Å². The number of carbonyl (C=O) groups is 2. The quantitative estimate of drug-likeness (QED) is 0.580. The van der Waals surface area contributed by atoms with Crippen LogP contribution in [0.1, 0.15) is 35.8 Å². The average molecular weight is 424 g/mol. The van der Waals surface area contributed by atoms with E-state index in [1.807, 2.05) is 19.1 Å². The van der Waals surface area contributed by atoms with Gasteiger partial charge in [-0.2, -0.15) is 0 Å². The molecule has 0 bridgehead atoms. The van der Waals surface area contributed by atoms with Gasteiger partial charge in [-0.3, -0.25) is 14.6 Å². The molecule has 2 unspecified atom stereocenters. The summed E-state index contributed by atoms with van der Waals surface area (Å²) in [6.07, 6.45) is 2.48. The smallest absolute Gasteiger partial charge is 0.261 e. The second-order valence-corrected chi connectivity index (χ2v) is 7.19. The molecule has 0 saturated heterocycles. The summed E-state index contributed by atoms with van der Waals surface area (Å²) in [6, 6.07) is 17.2. The van der Waals surface area contributed by atoms with Gasteiger partial charge in [-0.05, 0) is 67.9 Å². The molecule has 2 atom stereocenters. The lowest BCUT2D eigenvalue weighted by Gasteiger charge is -2.19. The second-order valence-electron chi connectivity index (χ2n) is 6.76. The van der Waals surface area contributed by atoms with E-state index in [1.54, 1.807) is 67.8 Å². The lowest BCUT2D eigenvalue weighted by atomic mass is 10.1. The highest BCUT2D eigenvalue weighted by molar-refractivity contribution is 6.30. The fourth-order valence-electron chi connectivity index (χ4n) is 2.75. The normalized spacial score (nSPS) is 12.5. The Morgan fingerprint density at radius 1 is 0.933 bits per heavy atom. The lowest BCUT2D eigenvalue weighted by Crippen LogP contribution is -2.37. The Labute approximate surface area is 180 Å². The highest BCUT2D eigenvalue weighted by Gasteiger charge is 2.18. The number of carbonyl (C=O) groups excluding carboxylic acids is 2. The Kier molecular flexibility index (Phi) is 7.03. The summed E-state index contributed by atoms with van der Waals surface area (Å²) < 4.78 is 5.65. The van der Waals surface area contributed by atoms with Crippen LogP contribution in [0.3, 0.4) is 0 Å². The van der Waals surface area contributed by atoms with Crippen molar-refractivity contribution in [3.05, 3.63) is 89.2 Å². The summed E-state index contributed by atoms with van der Waals surface area (Å²) in [4.78, 5) is 28.5. The van der Waals surface area contributed by atoms with E-state index in [0.717, 1.165) is 5.56 Å². The van der Waals surface area contributed by atoms with E-state index in [4.69, 9.17) is 16.3 Å². The highest BCUT2D eigenvalue weighted by atomic mass is 35.5. The molecule has 0 spiro atoms. The Morgan fingerprint density at radius 2 is 1.57 bits per heavy atom. The molecule has 2 N–H and O–H groups in total. The topological polar surface area (TPSA) is 80.3 Å². The Hall–Kier alpha value is -3.38. The maximum Gasteiger partial charge on any atom is 0.261 e. The van der Waals surface area contributed by atoms with Gasteiger partial charge in [0.25, 0.3) is 11.8 Å². The van der Waals surface area contributed by atoms with Crippen LogP contribution >= 0.6 is 11.6 Å². The van der Waals surface area contributed by atoms with Crippen LogP contribution in [0.5, 0.6) is 5.75 Å². The molecule has 6 nitrogen and oxygen atoms in total. The molecule has 0 aliphatic carbocycles. The van der Waals surface area contributed by atoms with Crippen molar-refractivity contribution >= 4 is 29.1 Å². The summed E-state index contributed by atoms with van der Waals surface area (Å²) >= 11 is 5.86. The number of nitrogens with one attached hydrogen (secondary N) is 2. The summed E-state index contributed by atoms with van der Waals surface area (Å²) in [7, 11) is 0. The van der Waals surface area contributed by atoms with Crippen LogP contribution in [0.4, 0.5) is 5.69 Å². The Balaban J connectivity index is 1.54. The molecule has 3 aromatic rings. The molecule has 1 heterocycles. The van der Waals surface area contributed by atoms with Crippen LogP contribution in [0.2, 0.25) is 5.02 Å². The molecule has 0 aliphatic heterocycles.